The van der Waals surface area contributed by atoms with Gasteiger partial charge in [0.2, 0.25) is 0 Å². The number of aromatic nitrogens is 2. The van der Waals surface area contributed by atoms with Crippen LogP contribution in [0.25, 0.3) is 11.0 Å². The van der Waals surface area contributed by atoms with E-state index in [0.717, 1.165) is 53.7 Å². The van der Waals surface area contributed by atoms with E-state index >= 15 is 0 Å². The third-order valence-electron chi connectivity index (χ3n) is 5.11. The predicted molar refractivity (Wildman–Crippen MR) is 122 cm³/mol. The normalized spacial score (nSPS) is 11.0. The van der Waals surface area contributed by atoms with Crippen LogP contribution in [-0.4, -0.2) is 23.3 Å². The van der Waals surface area contributed by atoms with Crippen LogP contribution in [0.2, 0.25) is 5.02 Å². The number of benzene rings is 3. The summed E-state index contributed by atoms with van der Waals surface area (Å²) in [6.45, 7) is 1.55. The summed E-state index contributed by atoms with van der Waals surface area (Å²) in [5.74, 6) is 2.63. The summed E-state index contributed by atoms with van der Waals surface area (Å²) in [7, 11) is 1.66. The van der Waals surface area contributed by atoms with Crippen molar-refractivity contribution in [1.82, 2.24) is 9.55 Å². The molecule has 3 aromatic carbocycles. The highest BCUT2D eigenvalue weighted by atomic mass is 35.5. The van der Waals surface area contributed by atoms with Crippen LogP contribution in [0.4, 0.5) is 0 Å². The van der Waals surface area contributed by atoms with Gasteiger partial charge in [0.15, 0.2) is 11.5 Å². The minimum absolute atomic E-state index is 0.652. The Morgan fingerprint density at radius 3 is 2.40 bits per heavy atom. The lowest BCUT2D eigenvalue weighted by molar-refractivity contribution is 0.284. The van der Waals surface area contributed by atoms with Crippen LogP contribution in [0.3, 0.4) is 0 Å². The van der Waals surface area contributed by atoms with E-state index < -0.39 is 0 Å². The van der Waals surface area contributed by atoms with Gasteiger partial charge in [-0.1, -0.05) is 48.0 Å². The van der Waals surface area contributed by atoms with Gasteiger partial charge < -0.3 is 14.0 Å². The van der Waals surface area contributed by atoms with Crippen molar-refractivity contribution in [2.45, 2.75) is 25.8 Å². The third kappa shape index (κ3) is 4.77. The fraction of sp³-hybridized carbons (Fsp3) is 0.240. The molecule has 0 aliphatic heterocycles. The first-order chi connectivity index (χ1) is 14.7. The Morgan fingerprint density at radius 2 is 1.60 bits per heavy atom. The number of nitrogens with zero attached hydrogens (tertiary/aromatic N) is 2. The molecule has 1 heterocycles. The highest BCUT2D eigenvalue weighted by Crippen LogP contribution is 2.26. The van der Waals surface area contributed by atoms with Gasteiger partial charge in [-0.15, -0.1) is 0 Å². The zero-order valence-electron chi connectivity index (χ0n) is 17.1. The molecule has 0 atom stereocenters. The van der Waals surface area contributed by atoms with E-state index in [1.54, 1.807) is 7.11 Å². The third-order valence-corrected chi connectivity index (χ3v) is 5.36. The zero-order valence-corrected chi connectivity index (χ0v) is 17.8. The Morgan fingerprint density at radius 1 is 0.867 bits per heavy atom. The first-order valence-electron chi connectivity index (χ1n) is 10.2. The van der Waals surface area contributed by atoms with Crippen LogP contribution in [0.15, 0.2) is 72.8 Å². The molecule has 30 heavy (non-hydrogen) atoms. The molecule has 154 valence electrons. The minimum atomic E-state index is 0.652. The highest BCUT2D eigenvalue weighted by Gasteiger charge is 2.11. The lowest BCUT2D eigenvalue weighted by Crippen LogP contribution is -2.07. The Kier molecular flexibility index (Phi) is 6.55. The van der Waals surface area contributed by atoms with E-state index in [-0.39, 0.29) is 0 Å². The molecular weight excluding hydrogens is 396 g/mol. The van der Waals surface area contributed by atoms with Gasteiger partial charge >= 0.3 is 0 Å². The Hall–Kier alpha value is -2.98. The average molecular weight is 421 g/mol. The highest BCUT2D eigenvalue weighted by molar-refractivity contribution is 6.30. The average Bonchev–Trinajstić information content (AvgIpc) is 3.12. The molecule has 4 rings (SSSR count). The molecule has 0 unspecified atom stereocenters. The number of aryl methyl sites for hydroxylation is 1. The zero-order chi connectivity index (χ0) is 20.8. The quantitative estimate of drug-likeness (QED) is 0.305. The molecule has 0 amide bonds. The fourth-order valence-electron chi connectivity index (χ4n) is 3.59. The molecule has 0 spiro atoms. The summed E-state index contributed by atoms with van der Waals surface area (Å²) in [6.07, 6.45) is 2.73. The molecule has 4 nitrogen and oxygen atoms in total. The number of para-hydroxylation sites is 4. The second kappa shape index (κ2) is 9.68. The second-order valence-electron chi connectivity index (χ2n) is 7.18. The Balaban J connectivity index is 1.42. The molecule has 5 heteroatoms. The van der Waals surface area contributed by atoms with Crippen LogP contribution >= 0.6 is 11.6 Å². The number of halogens is 1. The molecule has 0 saturated carbocycles. The number of ether oxygens (including phenoxy) is 2. The van der Waals surface area contributed by atoms with Crippen LogP contribution in [0.1, 0.15) is 24.2 Å². The molecule has 0 bridgehead atoms. The Bertz CT molecular complexity index is 1110. The van der Waals surface area contributed by atoms with E-state index in [2.05, 4.69) is 34.9 Å². The van der Waals surface area contributed by atoms with Crippen molar-refractivity contribution < 1.29 is 9.47 Å². The van der Waals surface area contributed by atoms with E-state index in [1.807, 2.05) is 42.5 Å². The maximum atomic E-state index is 6.03. The summed E-state index contributed by atoms with van der Waals surface area (Å²) < 4.78 is 13.6. The molecule has 0 radical (unpaired) electrons. The SMILES string of the molecule is COc1ccccc1OCCCCn1c(Cc2ccc(Cl)cc2)nc2ccccc21. The van der Waals surface area contributed by atoms with Crippen LogP contribution in [0.5, 0.6) is 11.5 Å². The van der Waals surface area contributed by atoms with Crippen molar-refractivity contribution in [2.75, 3.05) is 13.7 Å². The molecule has 0 aliphatic rings. The maximum absolute atomic E-state index is 6.03. The molecule has 0 fully saturated rings. The van der Waals surface area contributed by atoms with Crippen LogP contribution < -0.4 is 9.47 Å². The lowest BCUT2D eigenvalue weighted by Gasteiger charge is -2.12. The lowest BCUT2D eigenvalue weighted by atomic mass is 10.1. The van der Waals surface area contributed by atoms with Gasteiger partial charge in [0.25, 0.3) is 0 Å². The number of hydrogen-bond acceptors (Lipinski definition) is 3. The number of hydrogen-bond donors (Lipinski definition) is 0. The second-order valence-corrected chi connectivity index (χ2v) is 7.61. The first-order valence-corrected chi connectivity index (χ1v) is 10.6. The number of unbranched alkanes of at least 4 members (excludes halogenated alkanes) is 1. The van der Waals surface area contributed by atoms with E-state index in [9.17, 15) is 0 Å². The molecule has 1 aromatic heterocycles. The minimum Gasteiger partial charge on any atom is -0.493 e. The van der Waals surface area contributed by atoms with Gasteiger partial charge in [0.1, 0.15) is 5.82 Å². The van der Waals surface area contributed by atoms with Gasteiger partial charge in [0, 0.05) is 18.0 Å². The Labute approximate surface area is 182 Å². The van der Waals surface area contributed by atoms with Gasteiger partial charge in [0.05, 0.1) is 24.8 Å². The summed E-state index contributed by atoms with van der Waals surface area (Å²) in [5.41, 5.74) is 3.41. The predicted octanol–water partition coefficient (Wildman–Crippen LogP) is 6.15. The first kappa shape index (κ1) is 20.3. The summed E-state index contributed by atoms with van der Waals surface area (Å²) in [5, 5.41) is 0.752. The smallest absolute Gasteiger partial charge is 0.161 e. The number of methoxy groups -OCH3 is 1. The number of rotatable bonds is 9. The van der Waals surface area contributed by atoms with Crippen molar-refractivity contribution >= 4 is 22.6 Å². The van der Waals surface area contributed by atoms with Gasteiger partial charge in [-0.3, -0.25) is 0 Å². The topological polar surface area (TPSA) is 36.3 Å². The fourth-order valence-corrected chi connectivity index (χ4v) is 3.71. The molecule has 0 N–H and O–H groups in total. The molecular formula is C25H25ClN2O2. The summed E-state index contributed by atoms with van der Waals surface area (Å²) >= 11 is 6.03. The van der Waals surface area contributed by atoms with Crippen molar-refractivity contribution in [3.05, 3.63) is 89.2 Å². The van der Waals surface area contributed by atoms with Crippen molar-refractivity contribution in [3.8, 4) is 11.5 Å². The molecule has 4 aromatic rings. The standard InChI is InChI=1S/C25H25ClN2O2/c1-29-23-10-4-5-11-24(23)30-17-7-6-16-28-22-9-3-2-8-21(22)27-25(28)18-19-12-14-20(26)15-13-19/h2-5,8-15H,6-7,16-18H2,1H3. The van der Waals surface area contributed by atoms with Crippen molar-refractivity contribution in [1.29, 1.82) is 0 Å². The molecule has 0 aliphatic carbocycles. The van der Waals surface area contributed by atoms with E-state index in [0.29, 0.717) is 6.61 Å². The maximum Gasteiger partial charge on any atom is 0.161 e. The largest absolute Gasteiger partial charge is 0.493 e. The van der Waals surface area contributed by atoms with Gasteiger partial charge in [-0.2, -0.15) is 0 Å². The number of imidazole rings is 1. The van der Waals surface area contributed by atoms with Crippen LogP contribution in [-0.2, 0) is 13.0 Å². The van der Waals surface area contributed by atoms with Crippen molar-refractivity contribution in [3.63, 3.8) is 0 Å². The molecule has 0 saturated heterocycles. The summed E-state index contributed by atoms with van der Waals surface area (Å²) in [4.78, 5) is 4.88. The van der Waals surface area contributed by atoms with E-state index in [1.165, 1.54) is 11.1 Å². The van der Waals surface area contributed by atoms with E-state index in [4.69, 9.17) is 26.1 Å². The van der Waals surface area contributed by atoms with Gasteiger partial charge in [-0.05, 0) is 54.8 Å². The van der Waals surface area contributed by atoms with Gasteiger partial charge in [-0.25, -0.2) is 4.98 Å². The van der Waals surface area contributed by atoms with Crippen LogP contribution in [0, 0.1) is 0 Å². The summed E-state index contributed by atoms with van der Waals surface area (Å²) in [6, 6.07) is 24.0. The monoisotopic (exact) mass is 420 g/mol. The van der Waals surface area contributed by atoms with Crippen molar-refractivity contribution in [2.24, 2.45) is 0 Å². The number of fused-ring (bicyclic) bond motifs is 1.